The molecule has 1 fully saturated rings. The van der Waals surface area contributed by atoms with Gasteiger partial charge in [0.05, 0.1) is 0 Å². The number of fused-ring (bicyclic) bond motifs is 1. The molecule has 2 heterocycles. The monoisotopic (exact) mass is 494 g/mol. The van der Waals surface area contributed by atoms with Crippen LogP contribution in [0.2, 0.25) is 0 Å². The first-order chi connectivity index (χ1) is 17.2. The van der Waals surface area contributed by atoms with Crippen LogP contribution >= 0.6 is 0 Å². The number of amides is 2. The summed E-state index contributed by atoms with van der Waals surface area (Å²) >= 11 is 0. The Bertz CT molecular complexity index is 1070. The van der Waals surface area contributed by atoms with Crippen LogP contribution in [-0.4, -0.2) is 47.7 Å². The van der Waals surface area contributed by atoms with Gasteiger partial charge in [-0.1, -0.05) is 54.6 Å². The van der Waals surface area contributed by atoms with Gasteiger partial charge in [-0.3, -0.25) is 4.79 Å². The summed E-state index contributed by atoms with van der Waals surface area (Å²) < 4.78 is 16.6. The van der Waals surface area contributed by atoms with E-state index in [1.165, 1.54) is 4.90 Å². The van der Waals surface area contributed by atoms with E-state index >= 15 is 0 Å². The van der Waals surface area contributed by atoms with Crippen molar-refractivity contribution in [3.63, 3.8) is 0 Å². The lowest BCUT2D eigenvalue weighted by Crippen LogP contribution is -2.54. The molecule has 0 spiro atoms. The molecule has 0 radical (unpaired) electrons. The van der Waals surface area contributed by atoms with E-state index in [4.69, 9.17) is 14.2 Å². The number of alkyl carbamates (subject to hydrolysis) is 1. The third kappa shape index (κ3) is 6.23. The lowest BCUT2D eigenvalue weighted by molar-refractivity contribution is -0.157. The molecule has 1 saturated heterocycles. The molecule has 2 unspecified atom stereocenters. The number of carbonyl (C=O) groups is 3. The van der Waals surface area contributed by atoms with E-state index in [1.807, 2.05) is 54.6 Å². The molecule has 8 heteroatoms. The smallest absolute Gasteiger partial charge is 0.408 e. The van der Waals surface area contributed by atoms with Crippen molar-refractivity contribution in [3.8, 4) is 0 Å². The van der Waals surface area contributed by atoms with Crippen molar-refractivity contribution in [3.05, 3.63) is 71.3 Å². The van der Waals surface area contributed by atoms with Crippen molar-refractivity contribution in [2.45, 2.75) is 64.4 Å². The number of nitrogens with zero attached hydrogens (tertiary/aromatic N) is 1. The molecule has 1 N–H and O–H groups in total. The summed E-state index contributed by atoms with van der Waals surface area (Å²) in [6, 6.07) is 15.2. The summed E-state index contributed by atoms with van der Waals surface area (Å²) in [7, 11) is 0. The maximum Gasteiger partial charge on any atom is 0.408 e. The molecule has 2 aromatic carbocycles. The highest BCUT2D eigenvalue weighted by atomic mass is 16.6. The number of ether oxygens (including phenoxy) is 3. The van der Waals surface area contributed by atoms with Gasteiger partial charge in [0.1, 0.15) is 18.2 Å². The Labute approximate surface area is 211 Å². The molecular formula is C28H34N2O6. The summed E-state index contributed by atoms with van der Waals surface area (Å²) in [5.41, 5.74) is 1.78. The first-order valence-corrected chi connectivity index (χ1v) is 12.4. The lowest BCUT2D eigenvalue weighted by atomic mass is 9.90. The minimum atomic E-state index is -0.889. The molecule has 4 rings (SSSR count). The van der Waals surface area contributed by atoms with Crippen LogP contribution in [0.3, 0.4) is 0 Å². The molecule has 0 saturated carbocycles. The van der Waals surface area contributed by atoms with E-state index in [1.54, 1.807) is 20.8 Å². The van der Waals surface area contributed by atoms with Gasteiger partial charge in [0.2, 0.25) is 5.91 Å². The van der Waals surface area contributed by atoms with Crippen molar-refractivity contribution in [1.29, 1.82) is 0 Å². The Balaban J connectivity index is 1.58. The second-order valence-corrected chi connectivity index (χ2v) is 10.2. The van der Waals surface area contributed by atoms with Crippen LogP contribution in [0.15, 0.2) is 54.6 Å². The van der Waals surface area contributed by atoms with Gasteiger partial charge in [-0.05, 0) is 56.2 Å². The topological polar surface area (TPSA) is 94.2 Å². The molecule has 2 aromatic rings. The fraction of sp³-hybridized carbons (Fsp3) is 0.464. The van der Waals surface area contributed by atoms with E-state index in [9.17, 15) is 14.4 Å². The van der Waals surface area contributed by atoms with E-state index in [-0.39, 0.29) is 25.0 Å². The average molecular weight is 495 g/mol. The Hall–Kier alpha value is -3.39. The number of rotatable bonds is 6. The molecule has 2 amide bonds. The van der Waals surface area contributed by atoms with Gasteiger partial charge in [-0.15, -0.1) is 0 Å². The molecule has 8 nitrogen and oxygen atoms in total. The fourth-order valence-electron chi connectivity index (χ4n) is 4.70. The van der Waals surface area contributed by atoms with Crippen molar-refractivity contribution < 1.29 is 28.6 Å². The zero-order chi connectivity index (χ0) is 25.7. The van der Waals surface area contributed by atoms with Gasteiger partial charge in [-0.25, -0.2) is 9.59 Å². The second kappa shape index (κ2) is 11.1. The van der Waals surface area contributed by atoms with E-state index in [0.717, 1.165) is 16.7 Å². The Kier molecular flexibility index (Phi) is 7.94. The number of hydrogen-bond donors (Lipinski definition) is 1. The van der Waals surface area contributed by atoms with Gasteiger partial charge in [-0.2, -0.15) is 0 Å². The summed E-state index contributed by atoms with van der Waals surface area (Å²) in [4.78, 5) is 41.6. The average Bonchev–Trinajstić information content (AvgIpc) is 3.25. The first-order valence-electron chi connectivity index (χ1n) is 12.4. The summed E-state index contributed by atoms with van der Waals surface area (Å²) in [5, 5.41) is 2.80. The zero-order valence-corrected chi connectivity index (χ0v) is 21.1. The van der Waals surface area contributed by atoms with Crippen LogP contribution in [0.1, 0.15) is 56.3 Å². The Morgan fingerprint density at radius 1 is 1.03 bits per heavy atom. The van der Waals surface area contributed by atoms with E-state index in [2.05, 4.69) is 5.32 Å². The van der Waals surface area contributed by atoms with Crippen LogP contribution in [0, 0.1) is 5.92 Å². The predicted molar refractivity (Wildman–Crippen MR) is 133 cm³/mol. The van der Waals surface area contributed by atoms with Gasteiger partial charge >= 0.3 is 12.1 Å². The summed E-state index contributed by atoms with van der Waals surface area (Å²) in [5.74, 6) is -0.964. The fourth-order valence-corrected chi connectivity index (χ4v) is 4.70. The third-order valence-corrected chi connectivity index (χ3v) is 6.41. The predicted octanol–water partition coefficient (Wildman–Crippen LogP) is 4.13. The van der Waals surface area contributed by atoms with Crippen LogP contribution in [0.4, 0.5) is 4.79 Å². The second-order valence-electron chi connectivity index (χ2n) is 10.2. The van der Waals surface area contributed by atoms with E-state index < -0.39 is 29.7 Å². The summed E-state index contributed by atoms with van der Waals surface area (Å²) in [6.45, 7) is 6.70. The molecule has 36 heavy (non-hydrogen) atoms. The number of esters is 1. The molecule has 0 bridgehead atoms. The normalized spacial score (nSPS) is 18.8. The maximum absolute atomic E-state index is 14.0. The van der Waals surface area contributed by atoms with Gasteiger partial charge in [0, 0.05) is 19.8 Å². The van der Waals surface area contributed by atoms with Gasteiger partial charge < -0.3 is 24.4 Å². The van der Waals surface area contributed by atoms with Crippen molar-refractivity contribution in [2.75, 3.05) is 13.2 Å². The Morgan fingerprint density at radius 2 is 1.69 bits per heavy atom. The SMILES string of the molecule is CC(C)(C)OC(=O)NC(C(=O)N1Cc2ccccc2C1C(=O)OCc1ccccc1)C1CCOCC1. The number of nitrogens with one attached hydrogen (secondary N) is 1. The molecule has 2 aliphatic rings. The lowest BCUT2D eigenvalue weighted by Gasteiger charge is -2.34. The molecule has 2 atom stereocenters. The molecule has 2 aliphatic heterocycles. The van der Waals surface area contributed by atoms with Crippen molar-refractivity contribution >= 4 is 18.0 Å². The van der Waals surface area contributed by atoms with Crippen LogP contribution in [0.25, 0.3) is 0 Å². The van der Waals surface area contributed by atoms with Gasteiger partial charge in [0.15, 0.2) is 6.04 Å². The zero-order valence-electron chi connectivity index (χ0n) is 21.1. The van der Waals surface area contributed by atoms with Crippen molar-refractivity contribution in [1.82, 2.24) is 10.2 Å². The first kappa shape index (κ1) is 25.7. The molecule has 0 aromatic heterocycles. The quantitative estimate of drug-likeness (QED) is 0.607. The van der Waals surface area contributed by atoms with Crippen LogP contribution < -0.4 is 5.32 Å². The highest BCUT2D eigenvalue weighted by Crippen LogP contribution is 2.36. The molecule has 0 aliphatic carbocycles. The largest absolute Gasteiger partial charge is 0.459 e. The molecule has 192 valence electrons. The number of hydrogen-bond acceptors (Lipinski definition) is 6. The Morgan fingerprint density at radius 3 is 2.39 bits per heavy atom. The van der Waals surface area contributed by atoms with E-state index in [0.29, 0.717) is 26.1 Å². The number of benzene rings is 2. The third-order valence-electron chi connectivity index (χ3n) is 6.41. The van der Waals surface area contributed by atoms with Gasteiger partial charge in [0.25, 0.3) is 0 Å². The summed E-state index contributed by atoms with van der Waals surface area (Å²) in [6.07, 6.45) is 0.582. The standard InChI is InChI=1S/C28H34N2O6/c1-28(2,3)36-27(33)29-23(20-13-15-34-16-14-20)25(31)30-17-21-11-7-8-12-22(21)24(30)26(32)35-18-19-9-5-4-6-10-19/h4-12,20,23-24H,13-18H2,1-3H3,(H,29,33). The molecular weight excluding hydrogens is 460 g/mol. The maximum atomic E-state index is 14.0. The highest BCUT2D eigenvalue weighted by molar-refractivity contribution is 5.91. The highest BCUT2D eigenvalue weighted by Gasteiger charge is 2.44. The van der Waals surface area contributed by atoms with Crippen LogP contribution in [0.5, 0.6) is 0 Å². The minimum Gasteiger partial charge on any atom is -0.459 e. The van der Waals surface area contributed by atoms with Crippen molar-refractivity contribution in [2.24, 2.45) is 5.92 Å². The minimum absolute atomic E-state index is 0.111. The van der Waals surface area contributed by atoms with Crippen LogP contribution in [-0.2, 0) is 37.0 Å². The number of carbonyl (C=O) groups excluding carboxylic acids is 3.